The van der Waals surface area contributed by atoms with Crippen molar-refractivity contribution in [3.63, 3.8) is 0 Å². The van der Waals surface area contributed by atoms with Crippen LogP contribution in [-0.4, -0.2) is 14.1 Å². The predicted octanol–water partition coefficient (Wildman–Crippen LogP) is 2.09. The summed E-state index contributed by atoms with van der Waals surface area (Å²) in [5, 5.41) is 0. The van der Waals surface area contributed by atoms with Gasteiger partial charge in [0.15, 0.2) is 0 Å². The van der Waals surface area contributed by atoms with Gasteiger partial charge in [0.1, 0.15) is 6.54 Å². The Morgan fingerprint density at radius 2 is 1.62 bits per heavy atom. The zero-order chi connectivity index (χ0) is 11.4. The normalized spacial score (nSPS) is 10.1. The van der Waals surface area contributed by atoms with Crippen molar-refractivity contribution in [2.75, 3.05) is 19.0 Å². The van der Waals surface area contributed by atoms with Crippen LogP contribution in [0.1, 0.15) is 5.56 Å². The largest absolute Gasteiger partial charge is 0.276 e. The Hall–Kier alpha value is -1.83. The maximum absolute atomic E-state index is 2.25. The number of anilines is 1. The van der Waals surface area contributed by atoms with Gasteiger partial charge in [-0.25, -0.2) is 4.57 Å². The molecule has 0 saturated heterocycles. The van der Waals surface area contributed by atoms with Crippen LogP contribution in [0.25, 0.3) is 0 Å². The molecule has 0 spiro atoms. The van der Waals surface area contributed by atoms with Crippen LogP contribution in [-0.2, 0) is 6.54 Å². The summed E-state index contributed by atoms with van der Waals surface area (Å²) in [5.41, 5.74) is 1.32. The van der Waals surface area contributed by atoms with Crippen LogP contribution < -0.4 is 9.47 Å². The molecule has 1 aromatic heterocycles. The SMILES string of the molecule is CN(C)c1cccc[n+]1Cc1ccccc1. The molecular weight excluding hydrogens is 196 g/mol. The average Bonchev–Trinajstić information content (AvgIpc) is 2.31. The molecule has 2 rings (SSSR count). The van der Waals surface area contributed by atoms with Crippen LogP contribution in [0.4, 0.5) is 5.82 Å². The fourth-order valence-electron chi connectivity index (χ4n) is 1.79. The van der Waals surface area contributed by atoms with Crippen LogP contribution in [0.15, 0.2) is 54.7 Å². The lowest BCUT2D eigenvalue weighted by Crippen LogP contribution is -2.39. The van der Waals surface area contributed by atoms with E-state index in [2.05, 4.69) is 72.2 Å². The van der Waals surface area contributed by atoms with Gasteiger partial charge in [0, 0.05) is 6.07 Å². The van der Waals surface area contributed by atoms with E-state index in [9.17, 15) is 0 Å². The van der Waals surface area contributed by atoms with Crippen molar-refractivity contribution >= 4 is 5.82 Å². The molecule has 1 heterocycles. The van der Waals surface area contributed by atoms with Crippen molar-refractivity contribution in [3.8, 4) is 0 Å². The lowest BCUT2D eigenvalue weighted by Gasteiger charge is -2.10. The summed E-state index contributed by atoms with van der Waals surface area (Å²) in [7, 11) is 4.13. The van der Waals surface area contributed by atoms with E-state index in [1.807, 2.05) is 6.07 Å². The minimum absolute atomic E-state index is 0.912. The molecule has 1 aromatic carbocycles. The molecule has 0 radical (unpaired) electrons. The maximum atomic E-state index is 2.25. The second-order valence-corrected chi connectivity index (χ2v) is 4.07. The topological polar surface area (TPSA) is 7.12 Å². The first kappa shape index (κ1) is 10.7. The number of hydrogen-bond acceptors (Lipinski definition) is 1. The monoisotopic (exact) mass is 213 g/mol. The molecule has 0 N–H and O–H groups in total. The molecule has 2 heteroatoms. The van der Waals surface area contributed by atoms with Gasteiger partial charge in [-0.15, -0.1) is 0 Å². The first-order valence-corrected chi connectivity index (χ1v) is 5.47. The van der Waals surface area contributed by atoms with Crippen molar-refractivity contribution in [2.45, 2.75) is 6.54 Å². The van der Waals surface area contributed by atoms with E-state index in [0.29, 0.717) is 0 Å². The van der Waals surface area contributed by atoms with Gasteiger partial charge in [-0.1, -0.05) is 36.4 Å². The van der Waals surface area contributed by atoms with Crippen molar-refractivity contribution < 1.29 is 4.57 Å². The number of rotatable bonds is 3. The van der Waals surface area contributed by atoms with E-state index in [1.54, 1.807) is 0 Å². The molecule has 82 valence electrons. The molecule has 2 nitrogen and oxygen atoms in total. The highest BCUT2D eigenvalue weighted by molar-refractivity contribution is 5.29. The zero-order valence-electron chi connectivity index (χ0n) is 9.80. The summed E-state index contributed by atoms with van der Waals surface area (Å²) in [4.78, 5) is 2.13. The molecule has 0 unspecified atom stereocenters. The third-order valence-corrected chi connectivity index (χ3v) is 2.57. The lowest BCUT2D eigenvalue weighted by molar-refractivity contribution is -0.675. The highest BCUT2D eigenvalue weighted by Crippen LogP contribution is 2.05. The fraction of sp³-hybridized carbons (Fsp3) is 0.214. The van der Waals surface area contributed by atoms with Gasteiger partial charge in [-0.2, -0.15) is 0 Å². The molecule has 0 fully saturated rings. The Labute approximate surface area is 96.8 Å². The third-order valence-electron chi connectivity index (χ3n) is 2.57. The Morgan fingerprint density at radius 3 is 2.31 bits per heavy atom. The van der Waals surface area contributed by atoms with E-state index >= 15 is 0 Å². The molecule has 16 heavy (non-hydrogen) atoms. The van der Waals surface area contributed by atoms with Gasteiger partial charge in [0.2, 0.25) is 0 Å². The van der Waals surface area contributed by atoms with Gasteiger partial charge < -0.3 is 0 Å². The maximum Gasteiger partial charge on any atom is 0.276 e. The van der Waals surface area contributed by atoms with Gasteiger partial charge in [0.25, 0.3) is 5.82 Å². The molecule has 2 aromatic rings. The number of benzene rings is 1. The van der Waals surface area contributed by atoms with E-state index in [-0.39, 0.29) is 0 Å². The van der Waals surface area contributed by atoms with E-state index in [0.717, 1.165) is 6.54 Å². The molecule has 0 aliphatic carbocycles. The summed E-state index contributed by atoms with van der Waals surface area (Å²) >= 11 is 0. The molecule has 0 aliphatic heterocycles. The highest BCUT2D eigenvalue weighted by atomic mass is 15.2. The van der Waals surface area contributed by atoms with Gasteiger partial charge in [-0.05, 0) is 11.6 Å². The minimum atomic E-state index is 0.912. The zero-order valence-corrected chi connectivity index (χ0v) is 9.80. The Bertz CT molecular complexity index is 449. The first-order valence-electron chi connectivity index (χ1n) is 5.47. The van der Waals surface area contributed by atoms with E-state index in [1.165, 1.54) is 11.4 Å². The highest BCUT2D eigenvalue weighted by Gasteiger charge is 2.09. The molecule has 0 amide bonds. The van der Waals surface area contributed by atoms with E-state index in [4.69, 9.17) is 0 Å². The predicted molar refractivity (Wildman–Crippen MR) is 66.5 cm³/mol. The van der Waals surface area contributed by atoms with Crippen molar-refractivity contribution in [1.29, 1.82) is 0 Å². The van der Waals surface area contributed by atoms with Crippen molar-refractivity contribution in [3.05, 3.63) is 60.3 Å². The second kappa shape index (κ2) is 4.79. The third kappa shape index (κ3) is 2.40. The summed E-state index contributed by atoms with van der Waals surface area (Å²) in [6.45, 7) is 0.912. The average molecular weight is 213 g/mol. The minimum Gasteiger partial charge on any atom is -0.267 e. The van der Waals surface area contributed by atoms with E-state index < -0.39 is 0 Å². The van der Waals surface area contributed by atoms with Crippen LogP contribution in [0.2, 0.25) is 0 Å². The smallest absolute Gasteiger partial charge is 0.267 e. The number of hydrogen-bond donors (Lipinski definition) is 0. The number of aromatic nitrogens is 1. The summed E-state index contributed by atoms with van der Waals surface area (Å²) in [6, 6.07) is 16.8. The Morgan fingerprint density at radius 1 is 0.938 bits per heavy atom. The van der Waals surface area contributed by atoms with Gasteiger partial charge in [0.05, 0.1) is 20.3 Å². The lowest BCUT2D eigenvalue weighted by atomic mass is 10.2. The summed E-state index contributed by atoms with van der Waals surface area (Å²) in [5.74, 6) is 1.21. The van der Waals surface area contributed by atoms with Crippen molar-refractivity contribution in [1.82, 2.24) is 0 Å². The second-order valence-electron chi connectivity index (χ2n) is 4.07. The van der Waals surface area contributed by atoms with Gasteiger partial charge in [-0.3, -0.25) is 4.90 Å². The standard InChI is InChI=1S/C14H17N2/c1-15(2)14-10-6-7-11-16(14)12-13-8-4-3-5-9-13/h3-11H,12H2,1-2H3/q+1. The van der Waals surface area contributed by atoms with Crippen LogP contribution in [0, 0.1) is 0 Å². The summed E-state index contributed by atoms with van der Waals surface area (Å²) < 4.78 is 2.25. The van der Waals surface area contributed by atoms with Crippen LogP contribution in [0.5, 0.6) is 0 Å². The number of nitrogens with zero attached hydrogens (tertiary/aromatic N) is 2. The summed E-state index contributed by atoms with van der Waals surface area (Å²) in [6.07, 6.45) is 2.11. The molecule has 0 atom stereocenters. The van der Waals surface area contributed by atoms with Gasteiger partial charge >= 0.3 is 0 Å². The molecule has 0 saturated carbocycles. The molecule has 0 aliphatic rings. The van der Waals surface area contributed by atoms with Crippen LogP contribution in [0.3, 0.4) is 0 Å². The fourth-order valence-corrected chi connectivity index (χ4v) is 1.79. The quantitative estimate of drug-likeness (QED) is 0.708. The molecule has 0 bridgehead atoms. The number of pyridine rings is 1. The first-order chi connectivity index (χ1) is 7.77. The van der Waals surface area contributed by atoms with Crippen LogP contribution >= 0.6 is 0 Å². The van der Waals surface area contributed by atoms with Crippen molar-refractivity contribution in [2.24, 2.45) is 0 Å². The molecular formula is C14H17N2+. The Kier molecular flexibility index (Phi) is 3.20. The Balaban J connectivity index is 2.28.